The summed E-state index contributed by atoms with van der Waals surface area (Å²) in [5, 5.41) is 20.3. The van der Waals surface area contributed by atoms with Gasteiger partial charge in [-0.05, 0) is 112 Å². The number of nitrogens with one attached hydrogen (secondary N) is 3. The summed E-state index contributed by atoms with van der Waals surface area (Å²) in [5.74, 6) is 0.299. The molecule has 2 aromatic heterocycles. The van der Waals surface area contributed by atoms with E-state index < -0.39 is 23.6 Å². The topological polar surface area (TPSA) is 194 Å². The lowest BCUT2D eigenvalue weighted by Crippen LogP contribution is -2.50. The van der Waals surface area contributed by atoms with Gasteiger partial charge in [0.1, 0.15) is 11.4 Å². The fourth-order valence-corrected chi connectivity index (χ4v) is 6.92. The van der Waals surface area contributed by atoms with Crippen LogP contribution >= 0.6 is 0 Å². The highest BCUT2D eigenvalue weighted by atomic mass is 16.6. The number of nitrogens with zero attached hydrogens (tertiary/aromatic N) is 6. The van der Waals surface area contributed by atoms with Gasteiger partial charge < -0.3 is 25.8 Å². The Hall–Kier alpha value is -5.25. The fraction of sp³-hybridized carbons (Fsp3) is 0.475. The van der Waals surface area contributed by atoms with Crippen molar-refractivity contribution < 1.29 is 23.9 Å². The second-order valence-corrected chi connectivity index (χ2v) is 15.2. The van der Waals surface area contributed by atoms with Crippen molar-refractivity contribution in [3.63, 3.8) is 0 Å². The first-order valence-corrected chi connectivity index (χ1v) is 19.1. The van der Waals surface area contributed by atoms with Gasteiger partial charge in [-0.1, -0.05) is 24.3 Å². The summed E-state index contributed by atoms with van der Waals surface area (Å²) in [4.78, 5) is 48.7. The number of nitrogens with two attached hydrogens (primary N) is 1. The molecular weight excluding hydrogens is 701 g/mol. The summed E-state index contributed by atoms with van der Waals surface area (Å²) < 4.78 is 10.8. The molecule has 55 heavy (non-hydrogen) atoms. The summed E-state index contributed by atoms with van der Waals surface area (Å²) in [7, 11) is 0. The van der Waals surface area contributed by atoms with Crippen molar-refractivity contribution >= 4 is 29.4 Å². The van der Waals surface area contributed by atoms with Crippen LogP contribution < -0.4 is 21.3 Å². The van der Waals surface area contributed by atoms with Crippen molar-refractivity contribution in [3.05, 3.63) is 72.4 Å². The second kappa shape index (κ2) is 18.4. The molecule has 1 atom stereocenters. The van der Waals surface area contributed by atoms with Crippen LogP contribution in [0.4, 0.5) is 16.3 Å². The van der Waals surface area contributed by atoms with E-state index in [0.29, 0.717) is 36.5 Å². The number of rotatable bonds is 13. The third-order valence-electron chi connectivity index (χ3n) is 9.96. The predicted molar refractivity (Wildman–Crippen MR) is 209 cm³/mol. The molecule has 1 aliphatic carbocycles. The van der Waals surface area contributed by atoms with Gasteiger partial charge in [0.25, 0.3) is 5.91 Å². The van der Waals surface area contributed by atoms with Crippen molar-refractivity contribution in [3.8, 4) is 22.5 Å². The van der Waals surface area contributed by atoms with E-state index in [9.17, 15) is 14.4 Å². The molecule has 4 aromatic rings. The van der Waals surface area contributed by atoms with Crippen LogP contribution in [0.2, 0.25) is 0 Å². The Kier molecular flexibility index (Phi) is 13.2. The van der Waals surface area contributed by atoms with E-state index in [1.165, 1.54) is 4.90 Å². The van der Waals surface area contributed by atoms with Gasteiger partial charge in [-0.15, -0.1) is 10.2 Å². The van der Waals surface area contributed by atoms with E-state index >= 15 is 0 Å². The largest absolute Gasteiger partial charge is 0.444 e. The molecule has 15 nitrogen and oxygen atoms in total. The molecule has 1 aliphatic heterocycles. The molecule has 0 spiro atoms. The van der Waals surface area contributed by atoms with Crippen LogP contribution in [0.25, 0.3) is 22.5 Å². The monoisotopic (exact) mass is 752 g/mol. The molecule has 15 heteroatoms. The predicted octanol–water partition coefficient (Wildman–Crippen LogP) is 4.43. The normalized spacial score (nSPS) is 18.3. The number of pyridine rings is 1. The number of benzene rings is 2. The number of hydrogen-bond acceptors (Lipinski definition) is 12. The minimum Gasteiger partial charge on any atom is -0.444 e. The van der Waals surface area contributed by atoms with Gasteiger partial charge in [-0.3, -0.25) is 14.5 Å². The maximum absolute atomic E-state index is 14.2. The van der Waals surface area contributed by atoms with E-state index in [1.807, 2.05) is 63.4 Å². The smallest absolute Gasteiger partial charge is 0.407 e. The molecule has 3 amide bonds. The van der Waals surface area contributed by atoms with Crippen molar-refractivity contribution in [1.29, 1.82) is 0 Å². The first-order valence-electron chi connectivity index (χ1n) is 19.1. The SMILES string of the molecule is CC(C)(C)OC(=O)NCC1CCC(C(=O)N(C(=O)[C@@H](N)Cc2ccc(-c3ccc(NCCN4CCOCC4)nc3)cc2)c2ccc(-c3nn[nH]n3)cc2)CC1. The van der Waals surface area contributed by atoms with Crippen LogP contribution in [0, 0.1) is 11.8 Å². The summed E-state index contributed by atoms with van der Waals surface area (Å²) in [6.45, 7) is 11.2. The molecular formula is C40H52N10O5. The summed E-state index contributed by atoms with van der Waals surface area (Å²) in [6, 6.07) is 17.8. The van der Waals surface area contributed by atoms with Crippen LogP contribution in [-0.2, 0) is 25.5 Å². The third-order valence-corrected chi connectivity index (χ3v) is 9.96. The Labute approximate surface area is 321 Å². The molecule has 2 aromatic carbocycles. The van der Waals surface area contributed by atoms with Gasteiger partial charge in [-0.2, -0.15) is 5.21 Å². The summed E-state index contributed by atoms with van der Waals surface area (Å²) in [6.07, 6.45) is 4.27. The molecule has 1 saturated carbocycles. The van der Waals surface area contributed by atoms with Gasteiger partial charge in [0.05, 0.1) is 24.9 Å². The zero-order valence-electron chi connectivity index (χ0n) is 31.9. The maximum Gasteiger partial charge on any atom is 0.407 e. The van der Waals surface area contributed by atoms with E-state index in [4.69, 9.17) is 15.2 Å². The molecule has 2 fully saturated rings. The highest BCUT2D eigenvalue weighted by molar-refractivity contribution is 6.17. The molecule has 0 bridgehead atoms. The van der Waals surface area contributed by atoms with Gasteiger partial charge >= 0.3 is 6.09 Å². The van der Waals surface area contributed by atoms with Crippen LogP contribution in [0.15, 0.2) is 66.9 Å². The first-order chi connectivity index (χ1) is 26.5. The number of carbonyl (C=O) groups excluding carboxylic acids is 3. The van der Waals surface area contributed by atoms with E-state index in [1.54, 1.807) is 24.3 Å². The Balaban J connectivity index is 1.08. The van der Waals surface area contributed by atoms with E-state index in [-0.39, 0.29) is 24.2 Å². The van der Waals surface area contributed by atoms with Crippen molar-refractivity contribution in [2.45, 2.75) is 64.5 Å². The number of morpholine rings is 1. The zero-order valence-corrected chi connectivity index (χ0v) is 31.9. The highest BCUT2D eigenvalue weighted by Crippen LogP contribution is 2.32. The second-order valence-electron chi connectivity index (χ2n) is 15.2. The number of amides is 3. The van der Waals surface area contributed by atoms with Crippen molar-refractivity contribution in [2.24, 2.45) is 17.6 Å². The fourth-order valence-electron chi connectivity index (χ4n) is 6.92. The number of carbonyl (C=O) groups is 3. The summed E-state index contributed by atoms with van der Waals surface area (Å²) >= 11 is 0. The van der Waals surface area contributed by atoms with Crippen molar-refractivity contribution in [2.75, 3.05) is 56.2 Å². The molecule has 5 N–H and O–H groups in total. The Morgan fingerprint density at radius 2 is 1.65 bits per heavy atom. The van der Waals surface area contributed by atoms with E-state index in [2.05, 4.69) is 41.1 Å². The molecule has 2 aliphatic rings. The highest BCUT2D eigenvalue weighted by Gasteiger charge is 2.35. The number of anilines is 2. The van der Waals surface area contributed by atoms with Crippen LogP contribution in [0.1, 0.15) is 52.0 Å². The Bertz CT molecular complexity index is 1830. The minimum atomic E-state index is -0.967. The zero-order chi connectivity index (χ0) is 38.8. The number of H-pyrrole nitrogens is 1. The molecule has 1 saturated heterocycles. The first kappa shape index (κ1) is 39.4. The van der Waals surface area contributed by atoms with Crippen molar-refractivity contribution in [1.82, 2.24) is 35.8 Å². The Morgan fingerprint density at radius 1 is 0.964 bits per heavy atom. The minimum absolute atomic E-state index is 0.205. The number of hydrogen-bond donors (Lipinski definition) is 4. The van der Waals surface area contributed by atoms with Gasteiger partial charge in [0, 0.05) is 56.0 Å². The molecule has 0 unspecified atom stereocenters. The standard InChI is InChI=1S/C40H52N10O5/c1-40(2,3)55-39(53)44-25-28-6-10-31(11-7-28)37(51)50(33-15-12-30(13-16-33)36-45-47-48-46-36)38(52)34(41)24-27-4-8-29(9-5-27)32-14-17-35(43-26-32)42-18-19-49-20-22-54-23-21-49/h4-5,8-9,12-17,26,28,31,34H,6-7,10-11,18-25,41H2,1-3H3,(H,42,43)(H,44,53)(H,45,46,47,48)/t28?,31?,34-/m0/s1. The maximum atomic E-state index is 14.2. The van der Waals surface area contributed by atoms with Crippen LogP contribution in [-0.4, -0.2) is 106 Å². The molecule has 292 valence electrons. The average molecular weight is 753 g/mol. The van der Waals surface area contributed by atoms with E-state index in [0.717, 1.165) is 74.7 Å². The molecule has 6 rings (SSSR count). The van der Waals surface area contributed by atoms with Gasteiger partial charge in [0.15, 0.2) is 0 Å². The third kappa shape index (κ3) is 11.2. The number of ether oxygens (including phenoxy) is 2. The molecule has 0 radical (unpaired) electrons. The van der Waals surface area contributed by atoms with Gasteiger partial charge in [-0.25, -0.2) is 14.7 Å². The number of imide groups is 1. The summed E-state index contributed by atoms with van der Waals surface area (Å²) in [5.41, 5.74) is 9.96. The number of aromatic amines is 1. The number of aromatic nitrogens is 5. The van der Waals surface area contributed by atoms with Crippen LogP contribution in [0.5, 0.6) is 0 Å². The number of tetrazole rings is 1. The average Bonchev–Trinajstić information content (AvgIpc) is 3.73. The lowest BCUT2D eigenvalue weighted by atomic mass is 9.81. The van der Waals surface area contributed by atoms with Crippen LogP contribution in [0.3, 0.4) is 0 Å². The Morgan fingerprint density at radius 3 is 2.29 bits per heavy atom. The quantitative estimate of drug-likeness (QED) is 0.150. The lowest BCUT2D eigenvalue weighted by molar-refractivity contribution is -0.130. The van der Waals surface area contributed by atoms with Gasteiger partial charge in [0.2, 0.25) is 11.7 Å². The lowest BCUT2D eigenvalue weighted by Gasteiger charge is -2.32. The number of alkyl carbamates (subject to hydrolysis) is 1. The molecule has 3 heterocycles.